The van der Waals surface area contributed by atoms with Gasteiger partial charge >= 0.3 is 0 Å². The average Bonchev–Trinajstić information content (AvgIpc) is 2.29. The van der Waals surface area contributed by atoms with Crippen LogP contribution in [0.5, 0.6) is 5.75 Å². The summed E-state index contributed by atoms with van der Waals surface area (Å²) in [5.41, 5.74) is 7.04. The molecule has 0 bridgehead atoms. The summed E-state index contributed by atoms with van der Waals surface area (Å²) in [5.74, 6) is 0.840. The monoisotopic (exact) mass is 235 g/mol. The highest BCUT2D eigenvalue weighted by atomic mass is 16.5. The van der Waals surface area contributed by atoms with Gasteiger partial charge in [0.25, 0.3) is 0 Å². The first-order chi connectivity index (χ1) is 8.15. The molecular formula is C13H21N3O. The Morgan fingerprint density at radius 2 is 2.06 bits per heavy atom. The van der Waals surface area contributed by atoms with E-state index < -0.39 is 0 Å². The predicted molar refractivity (Wildman–Crippen MR) is 69.4 cm³/mol. The largest absolute Gasteiger partial charge is 0.489 e. The zero-order chi connectivity index (χ0) is 12.3. The van der Waals surface area contributed by atoms with Crippen LogP contribution in [0.15, 0.2) is 18.5 Å². The summed E-state index contributed by atoms with van der Waals surface area (Å²) in [4.78, 5) is 6.56. The van der Waals surface area contributed by atoms with E-state index in [9.17, 15) is 0 Å². The smallest absolute Gasteiger partial charge is 0.140 e. The van der Waals surface area contributed by atoms with Gasteiger partial charge in [0.1, 0.15) is 5.75 Å². The second kappa shape index (κ2) is 5.36. The Balaban J connectivity index is 2.05. The first-order valence-corrected chi connectivity index (χ1v) is 6.27. The van der Waals surface area contributed by atoms with Crippen LogP contribution in [-0.2, 0) is 0 Å². The summed E-state index contributed by atoms with van der Waals surface area (Å²) in [6.45, 7) is 6.06. The standard InChI is InChI=1S/C13H21N3O/c1-10(2)17-13-7-12(8-15-9-13)16-5-3-11(14)4-6-16/h7-11H,3-6,14H2,1-2H3. The van der Waals surface area contributed by atoms with Gasteiger partial charge < -0.3 is 15.4 Å². The molecule has 1 saturated heterocycles. The Morgan fingerprint density at radius 3 is 2.71 bits per heavy atom. The van der Waals surface area contributed by atoms with E-state index in [1.165, 1.54) is 0 Å². The lowest BCUT2D eigenvalue weighted by molar-refractivity contribution is 0.241. The Kier molecular flexibility index (Phi) is 3.84. The maximum Gasteiger partial charge on any atom is 0.140 e. The van der Waals surface area contributed by atoms with E-state index >= 15 is 0 Å². The van der Waals surface area contributed by atoms with Crippen molar-refractivity contribution in [3.63, 3.8) is 0 Å². The van der Waals surface area contributed by atoms with Crippen molar-refractivity contribution in [1.29, 1.82) is 0 Å². The van der Waals surface area contributed by atoms with E-state index in [1.807, 2.05) is 20.0 Å². The molecule has 0 aromatic carbocycles. The minimum absolute atomic E-state index is 0.182. The average molecular weight is 235 g/mol. The molecule has 1 aromatic rings. The van der Waals surface area contributed by atoms with E-state index in [0.717, 1.165) is 37.4 Å². The van der Waals surface area contributed by atoms with Crippen molar-refractivity contribution >= 4 is 5.69 Å². The Labute approximate surface area is 103 Å². The lowest BCUT2D eigenvalue weighted by Crippen LogP contribution is -2.39. The molecule has 0 aliphatic carbocycles. The number of pyridine rings is 1. The summed E-state index contributed by atoms with van der Waals surface area (Å²) in [6.07, 6.45) is 5.94. The van der Waals surface area contributed by atoms with Gasteiger partial charge in [-0.2, -0.15) is 0 Å². The highest BCUT2D eigenvalue weighted by Crippen LogP contribution is 2.23. The van der Waals surface area contributed by atoms with Crippen LogP contribution in [0.3, 0.4) is 0 Å². The lowest BCUT2D eigenvalue weighted by atomic mass is 10.1. The molecule has 94 valence electrons. The number of hydrogen-bond acceptors (Lipinski definition) is 4. The predicted octanol–water partition coefficient (Wildman–Crippen LogP) is 1.80. The summed E-state index contributed by atoms with van der Waals surface area (Å²) in [7, 11) is 0. The molecule has 2 heterocycles. The second-order valence-electron chi connectivity index (χ2n) is 4.87. The Hall–Kier alpha value is -1.29. The van der Waals surface area contributed by atoms with E-state index in [1.54, 1.807) is 6.20 Å². The van der Waals surface area contributed by atoms with Crippen LogP contribution >= 0.6 is 0 Å². The number of anilines is 1. The fourth-order valence-electron chi connectivity index (χ4n) is 2.07. The van der Waals surface area contributed by atoms with E-state index in [2.05, 4.69) is 16.0 Å². The Bertz CT molecular complexity index is 359. The molecule has 4 heteroatoms. The summed E-state index contributed by atoms with van der Waals surface area (Å²) >= 11 is 0. The quantitative estimate of drug-likeness (QED) is 0.868. The van der Waals surface area contributed by atoms with Crippen molar-refractivity contribution in [2.75, 3.05) is 18.0 Å². The summed E-state index contributed by atoms with van der Waals surface area (Å²) in [5, 5.41) is 0. The number of nitrogens with two attached hydrogens (primary N) is 1. The fourth-order valence-corrected chi connectivity index (χ4v) is 2.07. The molecule has 4 nitrogen and oxygen atoms in total. The number of hydrogen-bond donors (Lipinski definition) is 1. The number of rotatable bonds is 3. The van der Waals surface area contributed by atoms with Crippen LogP contribution in [-0.4, -0.2) is 30.2 Å². The number of nitrogens with zero attached hydrogens (tertiary/aromatic N) is 2. The minimum Gasteiger partial charge on any atom is -0.489 e. The fraction of sp³-hybridized carbons (Fsp3) is 0.615. The molecule has 0 saturated carbocycles. The van der Waals surface area contributed by atoms with Crippen LogP contribution in [0.4, 0.5) is 5.69 Å². The minimum atomic E-state index is 0.182. The molecule has 17 heavy (non-hydrogen) atoms. The normalized spacial score (nSPS) is 17.5. The molecule has 0 spiro atoms. The third kappa shape index (κ3) is 3.33. The van der Waals surface area contributed by atoms with Gasteiger partial charge in [0.15, 0.2) is 0 Å². The molecule has 1 aliphatic heterocycles. The molecule has 2 N–H and O–H groups in total. The molecular weight excluding hydrogens is 214 g/mol. The van der Waals surface area contributed by atoms with Crippen LogP contribution in [0, 0.1) is 0 Å². The van der Waals surface area contributed by atoms with Crippen molar-refractivity contribution in [3.05, 3.63) is 18.5 Å². The van der Waals surface area contributed by atoms with Crippen molar-refractivity contribution in [2.24, 2.45) is 5.73 Å². The second-order valence-corrected chi connectivity index (χ2v) is 4.87. The van der Waals surface area contributed by atoms with E-state index in [0.29, 0.717) is 6.04 Å². The highest BCUT2D eigenvalue weighted by molar-refractivity contribution is 5.48. The van der Waals surface area contributed by atoms with Crippen molar-refractivity contribution < 1.29 is 4.74 Å². The zero-order valence-electron chi connectivity index (χ0n) is 10.6. The third-order valence-corrected chi connectivity index (χ3v) is 2.98. The SMILES string of the molecule is CC(C)Oc1cncc(N2CCC(N)CC2)c1. The summed E-state index contributed by atoms with van der Waals surface area (Å²) < 4.78 is 5.65. The highest BCUT2D eigenvalue weighted by Gasteiger charge is 2.16. The lowest BCUT2D eigenvalue weighted by Gasteiger charge is -2.31. The number of piperidine rings is 1. The van der Waals surface area contributed by atoms with E-state index in [4.69, 9.17) is 10.5 Å². The first-order valence-electron chi connectivity index (χ1n) is 6.27. The number of aromatic nitrogens is 1. The van der Waals surface area contributed by atoms with Crippen LogP contribution in [0.2, 0.25) is 0 Å². The van der Waals surface area contributed by atoms with Crippen LogP contribution < -0.4 is 15.4 Å². The third-order valence-electron chi connectivity index (χ3n) is 2.98. The van der Waals surface area contributed by atoms with Crippen LogP contribution in [0.25, 0.3) is 0 Å². The van der Waals surface area contributed by atoms with Gasteiger partial charge in [-0.1, -0.05) is 0 Å². The Morgan fingerprint density at radius 1 is 1.35 bits per heavy atom. The van der Waals surface area contributed by atoms with Gasteiger partial charge in [0.2, 0.25) is 0 Å². The van der Waals surface area contributed by atoms with Gasteiger partial charge in [-0.05, 0) is 26.7 Å². The maximum atomic E-state index is 5.90. The van der Waals surface area contributed by atoms with Gasteiger partial charge in [-0.25, -0.2) is 0 Å². The zero-order valence-corrected chi connectivity index (χ0v) is 10.6. The van der Waals surface area contributed by atoms with E-state index in [-0.39, 0.29) is 6.10 Å². The molecule has 1 aromatic heterocycles. The maximum absolute atomic E-state index is 5.90. The topological polar surface area (TPSA) is 51.4 Å². The molecule has 0 unspecified atom stereocenters. The van der Waals surface area contributed by atoms with Gasteiger partial charge in [-0.3, -0.25) is 4.98 Å². The van der Waals surface area contributed by atoms with Crippen molar-refractivity contribution in [1.82, 2.24) is 4.98 Å². The molecule has 0 atom stereocenters. The van der Waals surface area contributed by atoms with Gasteiger partial charge in [0.05, 0.1) is 24.2 Å². The molecule has 0 radical (unpaired) electrons. The number of ether oxygens (including phenoxy) is 1. The molecule has 0 amide bonds. The molecule has 1 fully saturated rings. The van der Waals surface area contributed by atoms with Crippen molar-refractivity contribution in [2.45, 2.75) is 38.8 Å². The van der Waals surface area contributed by atoms with Crippen LogP contribution in [0.1, 0.15) is 26.7 Å². The molecule has 2 rings (SSSR count). The molecule has 1 aliphatic rings. The first kappa shape index (κ1) is 12.2. The summed E-state index contributed by atoms with van der Waals surface area (Å²) in [6, 6.07) is 2.42. The van der Waals surface area contributed by atoms with Gasteiger partial charge in [0, 0.05) is 25.2 Å². The van der Waals surface area contributed by atoms with Gasteiger partial charge in [-0.15, -0.1) is 0 Å². The van der Waals surface area contributed by atoms with Crippen molar-refractivity contribution in [3.8, 4) is 5.75 Å².